The molecule has 0 aliphatic heterocycles. The number of hydrogen-bond donors (Lipinski definition) is 3. The lowest BCUT2D eigenvalue weighted by molar-refractivity contribution is 0.606. The van der Waals surface area contributed by atoms with E-state index in [1.165, 1.54) is 4.88 Å². The first-order valence-electron chi connectivity index (χ1n) is 6.88. The van der Waals surface area contributed by atoms with Crippen LogP contribution in [0, 0.1) is 0 Å². The number of nitrogens with one attached hydrogen (secondary N) is 3. The van der Waals surface area contributed by atoms with Crippen LogP contribution >= 0.6 is 22.9 Å². The zero-order valence-corrected chi connectivity index (χ0v) is 13.1. The van der Waals surface area contributed by atoms with E-state index in [4.69, 9.17) is 11.6 Å². The third-order valence-corrected chi connectivity index (χ3v) is 4.65. The Morgan fingerprint density at radius 3 is 2.76 bits per heavy atom. The zero-order valence-electron chi connectivity index (χ0n) is 11.6. The van der Waals surface area contributed by atoms with E-state index in [9.17, 15) is 4.79 Å². The molecule has 1 unspecified atom stereocenters. The lowest BCUT2D eigenvalue weighted by atomic mass is 10.0. The Hall–Kier alpha value is -1.56. The molecule has 0 aliphatic rings. The molecule has 110 valence electrons. The van der Waals surface area contributed by atoms with Gasteiger partial charge >= 0.3 is 5.69 Å². The fourth-order valence-corrected chi connectivity index (χ4v) is 3.55. The summed E-state index contributed by atoms with van der Waals surface area (Å²) < 4.78 is 0.782. The highest BCUT2D eigenvalue weighted by atomic mass is 35.5. The summed E-state index contributed by atoms with van der Waals surface area (Å²) in [6.07, 6.45) is 1.05. The van der Waals surface area contributed by atoms with Gasteiger partial charge in [-0.1, -0.05) is 24.6 Å². The minimum Gasteiger partial charge on any atom is -0.306 e. The Morgan fingerprint density at radius 2 is 2.05 bits per heavy atom. The number of imidazole rings is 1. The number of rotatable bonds is 5. The summed E-state index contributed by atoms with van der Waals surface area (Å²) in [4.78, 5) is 18.1. The second-order valence-corrected chi connectivity index (χ2v) is 6.66. The third-order valence-electron chi connectivity index (χ3n) is 3.35. The van der Waals surface area contributed by atoms with Crippen molar-refractivity contribution in [3.8, 4) is 0 Å². The summed E-state index contributed by atoms with van der Waals surface area (Å²) in [7, 11) is 0. The molecule has 0 amide bonds. The topological polar surface area (TPSA) is 60.7 Å². The SMILES string of the molecule is CCCNC(c1ccc2[nH]c(=O)[nH]c2c1)c1ccc(Cl)s1. The van der Waals surface area contributed by atoms with Gasteiger partial charge in [0.15, 0.2) is 0 Å². The summed E-state index contributed by atoms with van der Waals surface area (Å²) >= 11 is 7.64. The summed E-state index contributed by atoms with van der Waals surface area (Å²) in [6, 6.07) is 10.0. The fourth-order valence-electron chi connectivity index (χ4n) is 2.38. The molecule has 0 saturated carbocycles. The molecule has 1 atom stereocenters. The summed E-state index contributed by atoms with van der Waals surface area (Å²) in [5, 5.41) is 3.54. The lowest BCUT2D eigenvalue weighted by Crippen LogP contribution is -2.22. The molecule has 3 rings (SSSR count). The maximum atomic E-state index is 11.4. The molecule has 3 N–H and O–H groups in total. The Morgan fingerprint density at radius 1 is 1.24 bits per heavy atom. The summed E-state index contributed by atoms with van der Waals surface area (Å²) in [5.74, 6) is 0. The van der Waals surface area contributed by atoms with Crippen LogP contribution in [0.3, 0.4) is 0 Å². The summed E-state index contributed by atoms with van der Waals surface area (Å²) in [5.41, 5.74) is 2.58. The average molecular weight is 322 g/mol. The van der Waals surface area contributed by atoms with E-state index in [0.29, 0.717) is 0 Å². The van der Waals surface area contributed by atoms with E-state index in [-0.39, 0.29) is 11.7 Å². The first kappa shape index (κ1) is 14.4. The number of thiophene rings is 1. The van der Waals surface area contributed by atoms with Gasteiger partial charge in [0.2, 0.25) is 0 Å². The first-order chi connectivity index (χ1) is 10.2. The van der Waals surface area contributed by atoms with Crippen LogP contribution < -0.4 is 11.0 Å². The fraction of sp³-hybridized carbons (Fsp3) is 0.267. The van der Waals surface area contributed by atoms with Crippen molar-refractivity contribution >= 4 is 34.0 Å². The lowest BCUT2D eigenvalue weighted by Gasteiger charge is -2.17. The number of aromatic nitrogens is 2. The zero-order chi connectivity index (χ0) is 14.8. The van der Waals surface area contributed by atoms with Crippen LogP contribution in [-0.2, 0) is 0 Å². The number of fused-ring (bicyclic) bond motifs is 1. The van der Waals surface area contributed by atoms with Crippen molar-refractivity contribution < 1.29 is 0 Å². The number of aromatic amines is 2. The quantitative estimate of drug-likeness (QED) is 0.671. The maximum Gasteiger partial charge on any atom is 0.323 e. The van der Waals surface area contributed by atoms with Crippen molar-refractivity contribution in [3.63, 3.8) is 0 Å². The molecular weight excluding hydrogens is 306 g/mol. The van der Waals surface area contributed by atoms with Gasteiger partial charge in [-0.3, -0.25) is 0 Å². The Kier molecular flexibility index (Phi) is 4.14. The molecule has 0 bridgehead atoms. The highest BCUT2D eigenvalue weighted by Gasteiger charge is 2.16. The smallest absolute Gasteiger partial charge is 0.306 e. The average Bonchev–Trinajstić information content (AvgIpc) is 3.04. The van der Waals surface area contributed by atoms with Crippen molar-refractivity contribution in [2.24, 2.45) is 0 Å². The van der Waals surface area contributed by atoms with Crippen LogP contribution in [0.25, 0.3) is 11.0 Å². The molecule has 1 aromatic carbocycles. The van der Waals surface area contributed by atoms with Crippen molar-refractivity contribution in [2.75, 3.05) is 6.54 Å². The number of benzene rings is 1. The molecule has 2 aromatic heterocycles. The monoisotopic (exact) mass is 321 g/mol. The van der Waals surface area contributed by atoms with E-state index in [1.807, 2.05) is 30.3 Å². The van der Waals surface area contributed by atoms with Gasteiger partial charge < -0.3 is 15.3 Å². The van der Waals surface area contributed by atoms with Crippen LogP contribution in [0.2, 0.25) is 4.34 Å². The minimum atomic E-state index is -0.181. The highest BCUT2D eigenvalue weighted by molar-refractivity contribution is 7.16. The van der Waals surface area contributed by atoms with E-state index in [2.05, 4.69) is 22.2 Å². The number of H-pyrrole nitrogens is 2. The van der Waals surface area contributed by atoms with Crippen molar-refractivity contribution in [1.29, 1.82) is 0 Å². The van der Waals surface area contributed by atoms with E-state index >= 15 is 0 Å². The first-order valence-corrected chi connectivity index (χ1v) is 8.07. The van der Waals surface area contributed by atoms with Gasteiger partial charge in [0.25, 0.3) is 0 Å². The molecule has 3 aromatic rings. The number of halogens is 1. The molecular formula is C15H16ClN3OS. The van der Waals surface area contributed by atoms with Crippen LogP contribution in [-0.4, -0.2) is 16.5 Å². The minimum absolute atomic E-state index is 0.0882. The van der Waals surface area contributed by atoms with Crippen LogP contribution in [0.4, 0.5) is 0 Å². The van der Waals surface area contributed by atoms with Crippen molar-refractivity contribution in [1.82, 2.24) is 15.3 Å². The Balaban J connectivity index is 2.02. The van der Waals surface area contributed by atoms with Crippen molar-refractivity contribution in [3.05, 3.63) is 55.6 Å². The van der Waals surface area contributed by atoms with Gasteiger partial charge in [-0.25, -0.2) is 4.79 Å². The second-order valence-electron chi connectivity index (χ2n) is 4.91. The standard InChI is InChI=1S/C15H16ClN3OS/c1-2-7-17-14(12-5-6-13(16)21-12)9-3-4-10-11(8-9)19-15(20)18-10/h3-6,8,14,17H,2,7H2,1H3,(H2,18,19,20). The Bertz CT molecular complexity index is 804. The van der Waals surface area contributed by atoms with Gasteiger partial charge in [-0.2, -0.15) is 0 Å². The molecule has 21 heavy (non-hydrogen) atoms. The second kappa shape index (κ2) is 6.05. The predicted molar refractivity (Wildman–Crippen MR) is 88.4 cm³/mol. The van der Waals surface area contributed by atoms with Gasteiger partial charge in [0.05, 0.1) is 21.4 Å². The van der Waals surface area contributed by atoms with E-state index in [0.717, 1.165) is 33.9 Å². The molecule has 0 spiro atoms. The molecule has 0 fully saturated rings. The predicted octanol–water partition coefficient (Wildman–Crippen LogP) is 3.66. The number of hydrogen-bond acceptors (Lipinski definition) is 3. The van der Waals surface area contributed by atoms with E-state index < -0.39 is 0 Å². The highest BCUT2D eigenvalue weighted by Crippen LogP contribution is 2.31. The molecule has 2 heterocycles. The van der Waals surface area contributed by atoms with Crippen LogP contribution in [0.5, 0.6) is 0 Å². The molecule has 0 saturated heterocycles. The van der Waals surface area contributed by atoms with Gasteiger partial charge in [-0.05, 0) is 42.8 Å². The molecule has 0 radical (unpaired) electrons. The molecule has 6 heteroatoms. The van der Waals surface area contributed by atoms with Crippen LogP contribution in [0.1, 0.15) is 29.8 Å². The molecule has 4 nitrogen and oxygen atoms in total. The maximum absolute atomic E-state index is 11.4. The van der Waals surface area contributed by atoms with Gasteiger partial charge in [0, 0.05) is 4.88 Å². The molecule has 0 aliphatic carbocycles. The van der Waals surface area contributed by atoms with Crippen molar-refractivity contribution in [2.45, 2.75) is 19.4 Å². The van der Waals surface area contributed by atoms with Crippen LogP contribution in [0.15, 0.2) is 35.1 Å². The third kappa shape index (κ3) is 3.05. The summed E-state index contributed by atoms with van der Waals surface area (Å²) in [6.45, 7) is 3.06. The van der Waals surface area contributed by atoms with Gasteiger partial charge in [0.1, 0.15) is 0 Å². The largest absolute Gasteiger partial charge is 0.323 e. The van der Waals surface area contributed by atoms with E-state index in [1.54, 1.807) is 11.3 Å². The van der Waals surface area contributed by atoms with Gasteiger partial charge in [-0.15, -0.1) is 11.3 Å². The Labute approximate surface area is 131 Å². The normalized spacial score (nSPS) is 12.9.